The molecule has 0 spiro atoms. The summed E-state index contributed by atoms with van der Waals surface area (Å²) in [6, 6.07) is -16.4. The van der Waals surface area contributed by atoms with Crippen LogP contribution < -0.4 is 0 Å². The lowest BCUT2D eigenvalue weighted by Gasteiger charge is -2.44. The van der Waals surface area contributed by atoms with Crippen molar-refractivity contribution in [2.24, 2.45) is 15.4 Å². The number of alkyl halides is 42. The maximum atomic E-state index is 14.2. The molecule has 0 aromatic rings. The van der Waals surface area contributed by atoms with Gasteiger partial charge in [0.25, 0.3) is 0 Å². The summed E-state index contributed by atoms with van der Waals surface area (Å²) in [5.41, 5.74) is -4.57. The molecule has 0 aromatic heterocycles. The predicted molar refractivity (Wildman–Crippen MR) is 142 cm³/mol. The molecular weight excluding hydrogens is 1170 g/mol. The van der Waals surface area contributed by atoms with Crippen LogP contribution in [0.25, 0.3) is 0 Å². The van der Waals surface area contributed by atoms with Gasteiger partial charge in [0.2, 0.25) is 0 Å². The van der Waals surface area contributed by atoms with E-state index in [4.69, 9.17) is 5.11 Å². The highest BCUT2D eigenvalue weighted by atomic mass is 32.1. The summed E-state index contributed by atoms with van der Waals surface area (Å²) < 4.78 is 569. The van der Waals surface area contributed by atoms with Crippen LogP contribution in [0.5, 0.6) is 0 Å². The fourth-order valence-electron chi connectivity index (χ4n) is 3.93. The van der Waals surface area contributed by atoms with Crippen molar-refractivity contribution in [2.45, 2.75) is 119 Å². The number of hydrogen-bond acceptors (Lipinski definition) is 4. The van der Waals surface area contributed by atoms with E-state index in [1.54, 1.807) is 0 Å². The molecule has 0 radical (unpaired) electrons. The van der Waals surface area contributed by atoms with Crippen LogP contribution in [-0.2, 0) is 0 Å². The number of hydrogen-bond donors (Lipinski definition) is 2. The number of rotatable bonds is 22. The summed E-state index contributed by atoms with van der Waals surface area (Å²) in [6.45, 7) is -2.99. The van der Waals surface area contributed by atoms with Gasteiger partial charge < -0.3 is 5.11 Å². The van der Waals surface area contributed by atoms with E-state index in [0.717, 1.165) is 0 Å². The van der Waals surface area contributed by atoms with Crippen LogP contribution >= 0.6 is 12.6 Å². The Morgan fingerprint density at radius 2 is 0.394 bits per heavy atom. The van der Waals surface area contributed by atoms with Crippen molar-refractivity contribution in [1.82, 2.24) is 0 Å². The van der Waals surface area contributed by atoms with Gasteiger partial charge in [-0.1, -0.05) is 0 Å². The van der Waals surface area contributed by atoms with Crippen LogP contribution in [0.3, 0.4) is 0 Å². The van der Waals surface area contributed by atoms with Crippen molar-refractivity contribution in [3.63, 3.8) is 0 Å². The SMILES string of the molecule is OCC(C=NC(F)(F)C(F)(F)C(F)(F)C(F)(F)C(F)(F)C(F)(F)C(F)(F)C(F)(F)C(F)(F)C(F)(F)F)(C=NC(F)(F)C(F)(F)C(F)(F)C(F)(F)C(F)(F)C(F)(F)C(F)(F)C(F)(F)C(F)(F)C(F)(F)F)CS. The third-order valence-electron chi connectivity index (χ3n) is 8.54. The van der Waals surface area contributed by atoms with Gasteiger partial charge >= 0.3 is 119 Å². The van der Waals surface area contributed by atoms with Crippen molar-refractivity contribution in [3.8, 4) is 0 Å². The second kappa shape index (κ2) is 17.4. The van der Waals surface area contributed by atoms with Crippen molar-refractivity contribution in [3.05, 3.63) is 0 Å². The summed E-state index contributed by atoms with van der Waals surface area (Å²) in [7, 11) is 0. The Labute approximate surface area is 362 Å². The van der Waals surface area contributed by atoms with Crippen LogP contribution in [0.15, 0.2) is 9.98 Å². The highest BCUT2D eigenvalue weighted by Crippen LogP contribution is 2.68. The zero-order valence-corrected chi connectivity index (χ0v) is 31.6. The number of nitrogens with zero attached hydrogens (tertiary/aromatic N) is 2. The zero-order valence-electron chi connectivity index (χ0n) is 30.7. The predicted octanol–water partition coefficient (Wildman–Crippen LogP) is 13.5. The summed E-state index contributed by atoms with van der Waals surface area (Å²) >= 11 is 2.69. The van der Waals surface area contributed by atoms with Gasteiger partial charge in [-0.25, -0.2) is 9.98 Å². The molecule has 0 fully saturated rings. The lowest BCUT2D eigenvalue weighted by molar-refractivity contribution is -0.474. The van der Waals surface area contributed by atoms with Crippen LogP contribution in [0.1, 0.15) is 0 Å². The van der Waals surface area contributed by atoms with Gasteiger partial charge in [0, 0.05) is 18.2 Å². The Kier molecular flexibility index (Phi) is 16.6. The Balaban J connectivity index is 7.67. The highest BCUT2D eigenvalue weighted by Gasteiger charge is 3.00. The Hall–Kier alpha value is -3.29. The van der Waals surface area contributed by atoms with E-state index in [0.29, 0.717) is 9.98 Å². The summed E-state index contributed by atoms with van der Waals surface area (Å²) in [6.07, 6.45) is -20.6. The quantitative estimate of drug-likeness (QED) is 0.0483. The standard InChI is InChI=1S/C25H8F42N2OS/c26-6(27,10(34,35)14(42,43)18(50,51)22(58,59)60)8(30,31)12(38,39)16(46,47)20(54,55)24(64,65)68-1-5(3-70,4-71)2-69-25(66,67)21(56,57)17(48,49)13(40,41)9(32,33)7(28,29)11(36,37)15(44,45)19(52,53)23(61,62)63/h1-2,70-71H,3-4H2. The van der Waals surface area contributed by atoms with Gasteiger partial charge in [0.15, 0.2) is 0 Å². The Morgan fingerprint density at radius 1 is 0.254 bits per heavy atom. The van der Waals surface area contributed by atoms with Gasteiger partial charge in [-0.2, -0.15) is 197 Å². The lowest BCUT2D eigenvalue weighted by atomic mass is 9.87. The highest BCUT2D eigenvalue weighted by molar-refractivity contribution is 7.80. The molecule has 0 unspecified atom stereocenters. The number of aliphatic imine (C=N–C) groups is 2. The number of aliphatic hydroxyl groups excluding tert-OH is 1. The molecule has 1 N–H and O–H groups in total. The molecule has 0 rings (SSSR count). The molecule has 0 bridgehead atoms. The van der Waals surface area contributed by atoms with E-state index in [1.165, 1.54) is 0 Å². The third kappa shape index (κ3) is 8.75. The molecule has 0 saturated heterocycles. The molecule has 0 saturated carbocycles. The fourth-order valence-corrected chi connectivity index (χ4v) is 4.19. The summed E-state index contributed by atoms with van der Waals surface area (Å²) in [5, 5.41) is 9.14. The molecule has 0 atom stereocenters. The molecule has 424 valence electrons. The van der Waals surface area contributed by atoms with Gasteiger partial charge in [0.1, 0.15) is 0 Å². The molecule has 0 aliphatic rings. The average molecular weight is 1180 g/mol. The first kappa shape index (κ1) is 67.7. The molecule has 46 heteroatoms. The third-order valence-corrected chi connectivity index (χ3v) is 9.13. The first-order valence-corrected chi connectivity index (χ1v) is 16.0. The van der Waals surface area contributed by atoms with Crippen LogP contribution in [0.2, 0.25) is 0 Å². The number of aliphatic hydroxyl groups is 1. The zero-order chi connectivity index (χ0) is 58.7. The molecule has 0 aliphatic heterocycles. The Morgan fingerprint density at radius 3 is 0.521 bits per heavy atom. The van der Waals surface area contributed by atoms with Gasteiger partial charge in [-0.3, -0.25) is 0 Å². The van der Waals surface area contributed by atoms with Crippen LogP contribution in [0, 0.1) is 5.41 Å². The molecule has 0 aromatic carbocycles. The average Bonchev–Trinajstić information content (AvgIpc) is 3.15. The van der Waals surface area contributed by atoms with E-state index in [2.05, 4.69) is 12.6 Å². The topological polar surface area (TPSA) is 45.0 Å². The first-order chi connectivity index (χ1) is 30.0. The molecule has 0 aliphatic carbocycles. The minimum absolute atomic E-state index is 0.613. The second-order valence-electron chi connectivity index (χ2n) is 13.3. The van der Waals surface area contributed by atoms with Crippen LogP contribution in [-0.4, -0.2) is 149 Å². The first-order valence-electron chi connectivity index (χ1n) is 15.3. The van der Waals surface area contributed by atoms with Gasteiger partial charge in [-0.05, 0) is 0 Å². The second-order valence-corrected chi connectivity index (χ2v) is 13.7. The molecule has 71 heavy (non-hydrogen) atoms. The van der Waals surface area contributed by atoms with Gasteiger partial charge in [0.05, 0.1) is 12.0 Å². The number of thiol groups is 1. The van der Waals surface area contributed by atoms with Crippen molar-refractivity contribution in [2.75, 3.05) is 12.4 Å². The van der Waals surface area contributed by atoms with E-state index in [-0.39, 0.29) is 0 Å². The smallest absolute Gasteiger partial charge is 0.395 e. The van der Waals surface area contributed by atoms with Crippen LogP contribution in [0.4, 0.5) is 184 Å². The van der Waals surface area contributed by atoms with Gasteiger partial charge in [-0.15, -0.1) is 0 Å². The van der Waals surface area contributed by atoms with E-state index in [1.807, 2.05) is 0 Å². The Bertz CT molecular complexity index is 1810. The molecule has 0 heterocycles. The maximum Gasteiger partial charge on any atom is 0.460 e. The molecular formula is C25H8F42N2OS. The van der Waals surface area contributed by atoms with Crippen molar-refractivity contribution < 1.29 is 190 Å². The summed E-state index contributed by atoms with van der Waals surface area (Å²) in [5.74, 6) is -153. The van der Waals surface area contributed by atoms with Crippen molar-refractivity contribution in [1.29, 1.82) is 0 Å². The van der Waals surface area contributed by atoms with E-state index < -0.39 is 149 Å². The molecule has 3 nitrogen and oxygen atoms in total. The van der Waals surface area contributed by atoms with E-state index in [9.17, 15) is 184 Å². The fraction of sp³-hybridized carbons (Fsp3) is 0.920. The minimum atomic E-state index is -9.78. The lowest BCUT2D eigenvalue weighted by Crippen LogP contribution is -2.76. The minimum Gasteiger partial charge on any atom is -0.395 e. The van der Waals surface area contributed by atoms with Crippen molar-refractivity contribution >= 4 is 25.1 Å². The van der Waals surface area contributed by atoms with E-state index >= 15 is 0 Å². The summed E-state index contributed by atoms with van der Waals surface area (Å²) in [4.78, 5) is 1.23. The largest absolute Gasteiger partial charge is 0.460 e. The normalized spacial score (nSPS) is 18.0. The monoisotopic (exact) mass is 1180 g/mol. The number of halogens is 42. The molecule has 0 amide bonds. The maximum absolute atomic E-state index is 14.2.